The monoisotopic (exact) mass is 507 g/mol. The average Bonchev–Trinajstić information content (AvgIpc) is 3.54. The van der Waals surface area contributed by atoms with Crippen molar-refractivity contribution >= 4 is 29.3 Å². The molecule has 4 atom stereocenters. The molecule has 2 heterocycles. The molecule has 2 aliphatic heterocycles. The normalized spacial score (nSPS) is 23.8. The zero-order valence-corrected chi connectivity index (χ0v) is 22.1. The fourth-order valence-corrected chi connectivity index (χ4v) is 5.76. The molecule has 1 saturated carbocycles. The molecule has 9 nitrogen and oxygen atoms in total. The summed E-state index contributed by atoms with van der Waals surface area (Å²) in [5, 5.41) is 15.7. The van der Waals surface area contributed by atoms with Crippen molar-refractivity contribution in [2.24, 2.45) is 11.8 Å². The summed E-state index contributed by atoms with van der Waals surface area (Å²) in [5.74, 6) is -0.441. The van der Waals surface area contributed by atoms with Gasteiger partial charge in [-0.2, -0.15) is 5.26 Å². The number of nitriles is 1. The van der Waals surface area contributed by atoms with Crippen molar-refractivity contribution in [3.05, 3.63) is 29.8 Å². The van der Waals surface area contributed by atoms with Crippen molar-refractivity contribution in [2.75, 3.05) is 18.9 Å². The van der Waals surface area contributed by atoms with Crippen molar-refractivity contribution < 1.29 is 19.2 Å². The number of nitrogens with one attached hydrogen (secondary N) is 2. The number of rotatable bonds is 9. The number of carbonyl (C=O) groups excluding carboxylic acids is 4. The summed E-state index contributed by atoms with van der Waals surface area (Å²) in [6.45, 7) is 5.43. The lowest BCUT2D eigenvalue weighted by atomic mass is 9.80. The van der Waals surface area contributed by atoms with Gasteiger partial charge in [0.25, 0.3) is 0 Å². The molecule has 0 aromatic heterocycles. The highest BCUT2D eigenvalue weighted by Gasteiger charge is 2.56. The van der Waals surface area contributed by atoms with Crippen LogP contribution in [0.15, 0.2) is 24.3 Å². The van der Waals surface area contributed by atoms with E-state index >= 15 is 0 Å². The first-order valence-electron chi connectivity index (χ1n) is 13.2. The van der Waals surface area contributed by atoms with Crippen molar-refractivity contribution in [3.8, 4) is 6.07 Å². The molecule has 0 bridgehead atoms. The number of likely N-dealkylation sites (tertiary alicyclic amines) is 1. The number of benzene rings is 1. The quantitative estimate of drug-likeness (QED) is 0.532. The highest BCUT2D eigenvalue weighted by Crippen LogP contribution is 2.46. The van der Waals surface area contributed by atoms with Gasteiger partial charge in [0.05, 0.1) is 11.5 Å². The van der Waals surface area contributed by atoms with E-state index in [0.717, 1.165) is 24.8 Å². The molecule has 9 heteroatoms. The van der Waals surface area contributed by atoms with Crippen molar-refractivity contribution in [2.45, 2.75) is 82.8 Å². The minimum Gasteiger partial charge on any atom is -0.345 e. The summed E-state index contributed by atoms with van der Waals surface area (Å²) in [7, 11) is 1.60. The largest absolute Gasteiger partial charge is 0.345 e. The zero-order chi connectivity index (χ0) is 26.9. The Kier molecular flexibility index (Phi) is 7.58. The van der Waals surface area contributed by atoms with Crippen molar-refractivity contribution in [1.82, 2.24) is 15.1 Å². The van der Waals surface area contributed by atoms with Gasteiger partial charge in [0.15, 0.2) is 0 Å². The van der Waals surface area contributed by atoms with Gasteiger partial charge in [-0.1, -0.05) is 44.9 Å². The second-order valence-corrected chi connectivity index (χ2v) is 11.3. The molecule has 1 aliphatic carbocycles. The molecule has 1 aromatic rings. The Morgan fingerprint density at radius 1 is 1.27 bits per heavy atom. The third kappa shape index (κ3) is 5.34. The maximum absolute atomic E-state index is 14.0. The molecule has 1 aromatic carbocycles. The van der Waals surface area contributed by atoms with Crippen LogP contribution in [0.2, 0.25) is 0 Å². The molecule has 2 N–H and O–H groups in total. The van der Waals surface area contributed by atoms with Crippen LogP contribution in [0.25, 0.3) is 0 Å². The number of hydrogen-bond acceptors (Lipinski definition) is 5. The van der Waals surface area contributed by atoms with Gasteiger partial charge >= 0.3 is 0 Å². The Labute approximate surface area is 218 Å². The predicted octanol–water partition coefficient (Wildman–Crippen LogP) is 2.57. The summed E-state index contributed by atoms with van der Waals surface area (Å²) in [6, 6.07) is 7.32. The van der Waals surface area contributed by atoms with E-state index < -0.39 is 23.5 Å². The van der Waals surface area contributed by atoms with Crippen LogP contribution in [0.4, 0.5) is 5.69 Å². The summed E-state index contributed by atoms with van der Waals surface area (Å²) in [6.07, 6.45) is 4.29. The summed E-state index contributed by atoms with van der Waals surface area (Å²) >= 11 is 0. The number of para-hydroxylation sites is 1. The fourth-order valence-electron chi connectivity index (χ4n) is 5.76. The van der Waals surface area contributed by atoms with Crippen LogP contribution in [-0.4, -0.2) is 65.1 Å². The smallest absolute Gasteiger partial charge is 0.246 e. The second kappa shape index (κ2) is 10.5. The van der Waals surface area contributed by atoms with E-state index in [1.54, 1.807) is 7.05 Å². The van der Waals surface area contributed by atoms with Gasteiger partial charge in [-0.3, -0.25) is 19.2 Å². The first-order valence-corrected chi connectivity index (χ1v) is 13.2. The molecule has 198 valence electrons. The summed E-state index contributed by atoms with van der Waals surface area (Å²) in [4.78, 5) is 55.5. The maximum atomic E-state index is 14.0. The van der Waals surface area contributed by atoms with E-state index in [4.69, 9.17) is 0 Å². The van der Waals surface area contributed by atoms with Crippen LogP contribution in [-0.2, 0) is 24.6 Å². The first kappa shape index (κ1) is 26.6. The number of hydrogen-bond donors (Lipinski definition) is 2. The van der Waals surface area contributed by atoms with Crippen molar-refractivity contribution in [3.63, 3.8) is 0 Å². The van der Waals surface area contributed by atoms with Crippen LogP contribution in [0, 0.1) is 23.2 Å². The lowest BCUT2D eigenvalue weighted by Crippen LogP contribution is -2.56. The number of fused-ring (bicyclic) bond motifs is 2. The number of anilines is 1. The molecule has 4 amide bonds. The third-order valence-electron chi connectivity index (χ3n) is 7.95. The molecule has 2 fully saturated rings. The number of amides is 4. The van der Waals surface area contributed by atoms with Gasteiger partial charge in [-0.05, 0) is 42.7 Å². The van der Waals surface area contributed by atoms with Crippen LogP contribution in [0.5, 0.6) is 0 Å². The lowest BCUT2D eigenvalue weighted by Gasteiger charge is -2.35. The Bertz CT molecular complexity index is 1120. The van der Waals surface area contributed by atoms with Gasteiger partial charge in [0.1, 0.15) is 18.1 Å². The molecule has 0 unspecified atom stereocenters. The number of nitrogens with zero attached hydrogens (tertiary/aromatic N) is 3. The molecule has 4 rings (SSSR count). The molecule has 1 spiro atoms. The molecule has 3 aliphatic rings. The topological polar surface area (TPSA) is 123 Å². The first-order chi connectivity index (χ1) is 17.6. The Morgan fingerprint density at radius 3 is 2.59 bits per heavy atom. The van der Waals surface area contributed by atoms with Gasteiger partial charge in [0.2, 0.25) is 23.6 Å². The zero-order valence-electron chi connectivity index (χ0n) is 22.1. The van der Waals surface area contributed by atoms with Gasteiger partial charge in [-0.15, -0.1) is 0 Å². The van der Waals surface area contributed by atoms with Gasteiger partial charge in [-0.25, -0.2) is 0 Å². The number of likely N-dealkylation sites (N-methyl/N-ethyl adjacent to an activating group) is 1. The van der Waals surface area contributed by atoms with Gasteiger partial charge in [0, 0.05) is 32.6 Å². The Morgan fingerprint density at radius 2 is 1.97 bits per heavy atom. The molecule has 1 saturated heterocycles. The fraction of sp³-hybridized carbons (Fsp3) is 0.607. The molecular weight excluding hydrogens is 470 g/mol. The van der Waals surface area contributed by atoms with E-state index in [1.165, 1.54) is 16.7 Å². The SMILES string of the molecule is CC(=O)N[C@@H](CCC1CC1)C(=O)N(C)[C@@H](CC(C)C)C(=O)N1C[C@]2(C[C@H]1C#N)C(=O)Nc1ccccc12. The van der Waals surface area contributed by atoms with Crippen molar-refractivity contribution in [1.29, 1.82) is 5.26 Å². The van der Waals surface area contributed by atoms with Crippen LogP contribution in [0.3, 0.4) is 0 Å². The maximum Gasteiger partial charge on any atom is 0.246 e. The highest BCUT2D eigenvalue weighted by atomic mass is 16.2. The Hall–Kier alpha value is -3.41. The minimum absolute atomic E-state index is 0.0837. The number of carbonyl (C=O) groups is 4. The molecular formula is C28H37N5O4. The molecule has 37 heavy (non-hydrogen) atoms. The lowest BCUT2D eigenvalue weighted by molar-refractivity contribution is -0.147. The van der Waals surface area contributed by atoms with Crippen LogP contribution < -0.4 is 10.6 Å². The second-order valence-electron chi connectivity index (χ2n) is 11.3. The van der Waals surface area contributed by atoms with E-state index in [1.807, 2.05) is 38.1 Å². The Balaban J connectivity index is 1.59. The standard InChI is InChI=1S/C28H37N5O4/c1-17(2)13-24(32(4)25(35)23(30-18(3)34)12-11-19-9-10-19)26(36)33-16-28(14-20(33)15-29)21-7-5-6-8-22(21)31-27(28)37/h5-8,17,19-20,23-24H,9-14,16H2,1-4H3,(H,30,34)(H,31,37)/t20-,23-,24-,28-/m0/s1. The van der Waals surface area contributed by atoms with E-state index in [2.05, 4.69) is 16.7 Å². The summed E-state index contributed by atoms with van der Waals surface area (Å²) in [5.41, 5.74) is 0.519. The van der Waals surface area contributed by atoms with E-state index in [-0.39, 0.29) is 42.5 Å². The van der Waals surface area contributed by atoms with Crippen LogP contribution >= 0.6 is 0 Å². The van der Waals surface area contributed by atoms with E-state index in [0.29, 0.717) is 24.4 Å². The van der Waals surface area contributed by atoms with E-state index in [9.17, 15) is 24.4 Å². The van der Waals surface area contributed by atoms with Crippen LogP contribution in [0.1, 0.15) is 64.9 Å². The van der Waals surface area contributed by atoms with Gasteiger partial charge < -0.3 is 20.4 Å². The predicted molar refractivity (Wildman–Crippen MR) is 138 cm³/mol. The highest BCUT2D eigenvalue weighted by molar-refractivity contribution is 6.07. The molecule has 0 radical (unpaired) electrons. The average molecular weight is 508 g/mol. The third-order valence-corrected chi connectivity index (χ3v) is 7.95. The summed E-state index contributed by atoms with van der Waals surface area (Å²) < 4.78 is 0. The minimum atomic E-state index is -0.986.